The fraction of sp³-hybridized carbons (Fsp3) is 0.444. The summed E-state index contributed by atoms with van der Waals surface area (Å²) in [5.74, 6) is 0.309. The summed E-state index contributed by atoms with van der Waals surface area (Å²) in [5, 5.41) is 0. The van der Waals surface area contributed by atoms with Crippen molar-refractivity contribution in [1.29, 1.82) is 0 Å². The summed E-state index contributed by atoms with van der Waals surface area (Å²) < 4.78 is 20.3. The van der Waals surface area contributed by atoms with Crippen LogP contribution in [0.25, 0.3) is 11.3 Å². The molecule has 1 N–H and O–H groups in total. The molecule has 0 aliphatic carbocycles. The Morgan fingerprint density at radius 2 is 2.20 bits per heavy atom. The van der Waals surface area contributed by atoms with Crippen LogP contribution in [0.1, 0.15) is 45.5 Å². The Labute approximate surface area is 154 Å². The maximum Gasteiger partial charge on any atom is 0.410 e. The van der Waals surface area contributed by atoms with Gasteiger partial charge in [-0.3, -0.25) is 4.90 Å². The molecule has 1 aromatic carbocycles. The first kappa shape index (κ1) is 17.9. The number of aromatic nitrogens is 2. The molecule has 25 heavy (non-hydrogen) atoms. The molecule has 0 bridgehead atoms. The number of benzene rings is 1. The highest BCUT2D eigenvalue weighted by Crippen LogP contribution is 2.33. The zero-order valence-electron chi connectivity index (χ0n) is 14.5. The van der Waals surface area contributed by atoms with E-state index in [1.165, 1.54) is 6.07 Å². The third kappa shape index (κ3) is 4.03. The molecule has 2 heterocycles. The van der Waals surface area contributed by atoms with Crippen molar-refractivity contribution in [3.8, 4) is 11.3 Å². The van der Waals surface area contributed by atoms with Crippen LogP contribution < -0.4 is 0 Å². The van der Waals surface area contributed by atoms with E-state index in [1.807, 2.05) is 20.8 Å². The van der Waals surface area contributed by atoms with Crippen molar-refractivity contribution in [2.75, 3.05) is 6.54 Å². The summed E-state index contributed by atoms with van der Waals surface area (Å²) in [5.41, 5.74) is 0.405. The quantitative estimate of drug-likeness (QED) is 0.754. The standard InChI is InChI=1S/C18H21BrFN3O2/c1-18(2,3)25-17(24)23-8-4-5-15(23)16-21-10-14(22-16)12-7-6-11(19)9-13(12)20/h6-7,9-10,15H,4-5,8H2,1-3H3,(H,21,22)/t15-/m0/s1. The fourth-order valence-corrected chi connectivity index (χ4v) is 3.27. The number of hydrogen-bond acceptors (Lipinski definition) is 3. The highest BCUT2D eigenvalue weighted by atomic mass is 79.9. The summed E-state index contributed by atoms with van der Waals surface area (Å²) in [4.78, 5) is 21.7. The monoisotopic (exact) mass is 409 g/mol. The van der Waals surface area contributed by atoms with Crippen molar-refractivity contribution in [3.05, 3.63) is 40.5 Å². The Morgan fingerprint density at radius 1 is 1.44 bits per heavy atom. The first-order chi connectivity index (χ1) is 11.7. The summed E-state index contributed by atoms with van der Waals surface area (Å²) in [6, 6.07) is 4.68. The van der Waals surface area contributed by atoms with Gasteiger partial charge in [0, 0.05) is 22.8 Å². The van der Waals surface area contributed by atoms with Crippen LogP contribution in [0.2, 0.25) is 0 Å². The third-order valence-electron chi connectivity index (χ3n) is 4.00. The number of amides is 1. The maximum absolute atomic E-state index is 14.1. The highest BCUT2D eigenvalue weighted by Gasteiger charge is 2.34. The summed E-state index contributed by atoms with van der Waals surface area (Å²) in [6.45, 7) is 6.16. The van der Waals surface area contributed by atoms with Crippen molar-refractivity contribution in [3.63, 3.8) is 0 Å². The number of H-pyrrole nitrogens is 1. The van der Waals surface area contributed by atoms with Crippen LogP contribution in [0, 0.1) is 5.82 Å². The molecule has 5 nitrogen and oxygen atoms in total. The molecular formula is C18H21BrFN3O2. The van der Waals surface area contributed by atoms with Crippen LogP contribution in [0.4, 0.5) is 9.18 Å². The zero-order valence-corrected chi connectivity index (χ0v) is 16.1. The van der Waals surface area contributed by atoms with Crippen LogP contribution in [0.3, 0.4) is 0 Å². The molecule has 2 aromatic rings. The van der Waals surface area contributed by atoms with E-state index in [1.54, 1.807) is 23.2 Å². The van der Waals surface area contributed by atoms with Crippen LogP contribution in [-0.4, -0.2) is 33.1 Å². The smallest absolute Gasteiger partial charge is 0.410 e. The minimum absolute atomic E-state index is 0.179. The minimum Gasteiger partial charge on any atom is -0.444 e. The van der Waals surface area contributed by atoms with Gasteiger partial charge >= 0.3 is 6.09 Å². The van der Waals surface area contributed by atoms with Crippen molar-refractivity contribution >= 4 is 22.0 Å². The Balaban J connectivity index is 1.82. The topological polar surface area (TPSA) is 58.2 Å². The lowest BCUT2D eigenvalue weighted by atomic mass is 10.1. The number of nitrogens with one attached hydrogen (secondary N) is 1. The molecule has 1 aliphatic rings. The second kappa shape index (κ2) is 6.78. The number of ether oxygens (including phenoxy) is 1. The van der Waals surface area contributed by atoms with Gasteiger partial charge in [-0.05, 0) is 51.8 Å². The molecule has 1 saturated heterocycles. The van der Waals surface area contributed by atoms with Gasteiger partial charge in [-0.2, -0.15) is 0 Å². The predicted molar refractivity (Wildman–Crippen MR) is 96.6 cm³/mol. The summed E-state index contributed by atoms with van der Waals surface area (Å²) >= 11 is 3.25. The maximum atomic E-state index is 14.1. The number of carbonyl (C=O) groups excluding carboxylic acids is 1. The van der Waals surface area contributed by atoms with Crippen molar-refractivity contribution < 1.29 is 13.9 Å². The fourth-order valence-electron chi connectivity index (χ4n) is 2.93. The number of carbonyl (C=O) groups is 1. The molecule has 1 aliphatic heterocycles. The van der Waals surface area contributed by atoms with Gasteiger partial charge in [-0.15, -0.1) is 0 Å². The first-order valence-corrected chi connectivity index (χ1v) is 9.04. The molecule has 1 amide bonds. The summed E-state index contributed by atoms with van der Waals surface area (Å²) in [7, 11) is 0. The molecule has 0 spiro atoms. The van der Waals surface area contributed by atoms with Crippen LogP contribution >= 0.6 is 15.9 Å². The van der Waals surface area contributed by atoms with Gasteiger partial charge in [-0.1, -0.05) is 15.9 Å². The van der Waals surface area contributed by atoms with E-state index in [0.717, 1.165) is 12.8 Å². The average Bonchev–Trinajstić information content (AvgIpc) is 3.14. The van der Waals surface area contributed by atoms with Gasteiger partial charge in [0.1, 0.15) is 17.2 Å². The van der Waals surface area contributed by atoms with Gasteiger partial charge in [0.05, 0.1) is 11.7 Å². The van der Waals surface area contributed by atoms with Gasteiger partial charge in [0.25, 0.3) is 0 Å². The average molecular weight is 410 g/mol. The van der Waals surface area contributed by atoms with Gasteiger partial charge in [0.15, 0.2) is 0 Å². The van der Waals surface area contributed by atoms with Gasteiger partial charge in [0.2, 0.25) is 0 Å². The lowest BCUT2D eigenvalue weighted by molar-refractivity contribution is 0.0218. The Bertz CT molecular complexity index is 785. The summed E-state index contributed by atoms with van der Waals surface area (Å²) in [6.07, 6.45) is 3.01. The molecule has 3 rings (SSSR count). The SMILES string of the molecule is CC(C)(C)OC(=O)N1CCC[C@H]1c1nc(-c2ccc(Br)cc2F)c[nH]1. The van der Waals surface area contributed by atoms with Crippen LogP contribution in [-0.2, 0) is 4.74 Å². The van der Waals surface area contributed by atoms with Gasteiger partial charge in [-0.25, -0.2) is 14.2 Å². The van der Waals surface area contributed by atoms with E-state index in [0.29, 0.717) is 28.1 Å². The molecule has 7 heteroatoms. The molecule has 0 unspecified atom stereocenters. The number of imidazole rings is 1. The zero-order chi connectivity index (χ0) is 18.2. The normalized spacial score (nSPS) is 17.8. The van der Waals surface area contributed by atoms with Crippen LogP contribution in [0.15, 0.2) is 28.9 Å². The Morgan fingerprint density at radius 3 is 2.88 bits per heavy atom. The van der Waals surface area contributed by atoms with E-state index in [4.69, 9.17) is 4.74 Å². The van der Waals surface area contributed by atoms with Crippen molar-refractivity contribution in [1.82, 2.24) is 14.9 Å². The van der Waals surface area contributed by atoms with Crippen molar-refractivity contribution in [2.45, 2.75) is 45.3 Å². The molecule has 1 aromatic heterocycles. The third-order valence-corrected chi connectivity index (χ3v) is 4.49. The van der Waals surface area contributed by atoms with E-state index in [-0.39, 0.29) is 18.0 Å². The van der Waals surface area contributed by atoms with Crippen LogP contribution in [0.5, 0.6) is 0 Å². The first-order valence-electron chi connectivity index (χ1n) is 8.25. The number of rotatable bonds is 2. The van der Waals surface area contributed by atoms with E-state index >= 15 is 0 Å². The molecule has 1 atom stereocenters. The lowest BCUT2D eigenvalue weighted by Crippen LogP contribution is -2.36. The molecule has 134 valence electrons. The molecule has 0 saturated carbocycles. The number of hydrogen-bond donors (Lipinski definition) is 1. The number of nitrogens with zero attached hydrogens (tertiary/aromatic N) is 2. The predicted octanol–water partition coefficient (Wildman–Crippen LogP) is 5.05. The number of halogens is 2. The Hall–Kier alpha value is -1.89. The second-order valence-corrected chi connectivity index (χ2v) is 8.04. The second-order valence-electron chi connectivity index (χ2n) is 7.13. The minimum atomic E-state index is -0.543. The molecular weight excluding hydrogens is 389 g/mol. The highest BCUT2D eigenvalue weighted by molar-refractivity contribution is 9.10. The number of likely N-dealkylation sites (tertiary alicyclic amines) is 1. The molecule has 1 fully saturated rings. The lowest BCUT2D eigenvalue weighted by Gasteiger charge is -2.27. The largest absolute Gasteiger partial charge is 0.444 e. The van der Waals surface area contributed by atoms with Crippen molar-refractivity contribution in [2.24, 2.45) is 0 Å². The van der Waals surface area contributed by atoms with E-state index < -0.39 is 5.60 Å². The van der Waals surface area contributed by atoms with E-state index in [9.17, 15) is 9.18 Å². The van der Waals surface area contributed by atoms with Gasteiger partial charge < -0.3 is 9.72 Å². The number of aromatic amines is 1. The Kier molecular flexibility index (Phi) is 4.86. The van der Waals surface area contributed by atoms with E-state index in [2.05, 4.69) is 25.9 Å². The molecule has 0 radical (unpaired) electrons.